The van der Waals surface area contributed by atoms with Gasteiger partial charge in [-0.25, -0.2) is 4.79 Å². The number of amides is 2. The molecule has 0 atom stereocenters. The molecule has 0 unspecified atom stereocenters. The van der Waals surface area contributed by atoms with E-state index in [1.54, 1.807) is 0 Å². The van der Waals surface area contributed by atoms with Crippen LogP contribution < -0.4 is 5.73 Å². The van der Waals surface area contributed by atoms with Gasteiger partial charge in [0.05, 0.1) is 11.9 Å². The van der Waals surface area contributed by atoms with Crippen molar-refractivity contribution in [1.82, 2.24) is 4.31 Å². The molecular weight excluding hydrogens is 169 g/mol. The molecule has 7 heteroatoms. The van der Waals surface area contributed by atoms with Gasteiger partial charge in [0.15, 0.2) is 0 Å². The van der Waals surface area contributed by atoms with E-state index in [4.69, 9.17) is 0 Å². The summed E-state index contributed by atoms with van der Waals surface area (Å²) in [7, 11) is 0.945. The van der Waals surface area contributed by atoms with Crippen molar-refractivity contribution in [3.8, 4) is 0 Å². The van der Waals surface area contributed by atoms with Crippen molar-refractivity contribution in [3.63, 3.8) is 0 Å². The summed E-state index contributed by atoms with van der Waals surface area (Å²) in [5, 5.41) is 0. The van der Waals surface area contributed by atoms with Gasteiger partial charge in [0, 0.05) is 7.05 Å². The molecule has 2 N–H and O–H groups in total. The summed E-state index contributed by atoms with van der Waals surface area (Å²) >= 11 is -0.576. The quantitative estimate of drug-likeness (QED) is 0.606. The van der Waals surface area contributed by atoms with Crippen molar-refractivity contribution in [3.05, 3.63) is 0 Å². The van der Waals surface area contributed by atoms with Crippen LogP contribution in [-0.2, 0) is 0 Å². The number of alkyl halides is 3. The lowest BCUT2D eigenvalue weighted by Gasteiger charge is -2.13. The van der Waals surface area contributed by atoms with Gasteiger partial charge in [-0.1, -0.05) is 0 Å². The second-order valence-corrected chi connectivity index (χ2v) is 2.57. The van der Waals surface area contributed by atoms with E-state index in [9.17, 15) is 18.0 Å². The van der Waals surface area contributed by atoms with Gasteiger partial charge >= 0.3 is 11.5 Å². The average molecular weight is 174 g/mol. The lowest BCUT2D eigenvalue weighted by molar-refractivity contribution is -0.0352. The molecule has 0 aromatic heterocycles. The zero-order chi connectivity index (χ0) is 8.36. The summed E-state index contributed by atoms with van der Waals surface area (Å²) in [6.07, 6.45) is 0. The van der Waals surface area contributed by atoms with Crippen LogP contribution in [0.3, 0.4) is 0 Å². The molecule has 0 aliphatic rings. The third-order valence-corrected chi connectivity index (χ3v) is 1.21. The molecular formula is C3H5F3N2OS. The van der Waals surface area contributed by atoms with Gasteiger partial charge in [-0.3, -0.25) is 4.31 Å². The van der Waals surface area contributed by atoms with Crippen molar-refractivity contribution in [2.45, 2.75) is 5.51 Å². The lowest BCUT2D eigenvalue weighted by atomic mass is 11.0. The monoisotopic (exact) mass is 174 g/mol. The van der Waals surface area contributed by atoms with Crippen molar-refractivity contribution in [1.29, 1.82) is 0 Å². The number of hydrogen-bond acceptors (Lipinski definition) is 2. The first-order valence-corrected chi connectivity index (χ1v) is 2.89. The number of urea groups is 1. The third-order valence-electron chi connectivity index (χ3n) is 0.551. The van der Waals surface area contributed by atoms with Crippen LogP contribution in [0, 0.1) is 0 Å². The van der Waals surface area contributed by atoms with E-state index in [-0.39, 0.29) is 0 Å². The summed E-state index contributed by atoms with van der Waals surface area (Å²) in [5.74, 6) is 0. The van der Waals surface area contributed by atoms with E-state index in [1.807, 2.05) is 0 Å². The third kappa shape index (κ3) is 4.30. The predicted octanol–water partition coefficient (Wildman–Crippen LogP) is 1.16. The van der Waals surface area contributed by atoms with Crippen LogP contribution in [0.1, 0.15) is 0 Å². The smallest absolute Gasteiger partial charge is 0.351 e. The molecule has 0 spiro atoms. The van der Waals surface area contributed by atoms with Gasteiger partial charge in [0.25, 0.3) is 0 Å². The lowest BCUT2D eigenvalue weighted by Crippen LogP contribution is -2.29. The van der Waals surface area contributed by atoms with Crippen LogP contribution in [0.5, 0.6) is 0 Å². The maximum Gasteiger partial charge on any atom is 0.461 e. The summed E-state index contributed by atoms with van der Waals surface area (Å²) in [6.45, 7) is 0. The Labute approximate surface area is 59.5 Å². The zero-order valence-corrected chi connectivity index (χ0v) is 5.79. The van der Waals surface area contributed by atoms with Crippen LogP contribution in [0.4, 0.5) is 18.0 Å². The van der Waals surface area contributed by atoms with Crippen LogP contribution in [0.25, 0.3) is 0 Å². The Kier molecular flexibility index (Phi) is 2.82. The second kappa shape index (κ2) is 3.00. The normalized spacial score (nSPS) is 11.2. The van der Waals surface area contributed by atoms with Crippen LogP contribution in [0.2, 0.25) is 0 Å². The Morgan fingerprint density at radius 2 is 2.00 bits per heavy atom. The molecule has 3 nitrogen and oxygen atoms in total. The average Bonchev–Trinajstić information content (AvgIpc) is 1.60. The maximum absolute atomic E-state index is 11.4. The largest absolute Gasteiger partial charge is 0.461 e. The molecule has 0 rings (SSSR count). The molecule has 60 valence electrons. The fourth-order valence-electron chi connectivity index (χ4n) is 0.200. The molecule has 10 heavy (non-hydrogen) atoms. The minimum absolute atomic E-state index is 0.306. The number of rotatable bonds is 1. The molecule has 0 saturated carbocycles. The highest BCUT2D eigenvalue weighted by molar-refractivity contribution is 7.98. The van der Waals surface area contributed by atoms with Gasteiger partial charge in [-0.15, -0.1) is 0 Å². The van der Waals surface area contributed by atoms with Gasteiger partial charge in [-0.2, -0.15) is 13.2 Å². The number of hydrogen-bond donors (Lipinski definition) is 1. The first-order valence-electron chi connectivity index (χ1n) is 2.12. The molecule has 0 heterocycles. The van der Waals surface area contributed by atoms with Crippen molar-refractivity contribution < 1.29 is 18.0 Å². The first-order chi connectivity index (χ1) is 4.33. The standard InChI is InChI=1S/C3H5F3N2OS/c1-8(2(7)9)10-3(4,5)6/h1H3,(H2,7,9). The van der Waals surface area contributed by atoms with E-state index in [0.717, 1.165) is 7.05 Å². The molecule has 0 fully saturated rings. The molecule has 2 amide bonds. The number of carbonyl (C=O) groups excluding carboxylic acids is 1. The van der Waals surface area contributed by atoms with Gasteiger partial charge < -0.3 is 5.73 Å². The molecule has 0 bridgehead atoms. The van der Waals surface area contributed by atoms with Gasteiger partial charge in [0.2, 0.25) is 0 Å². The number of carbonyl (C=O) groups is 1. The van der Waals surface area contributed by atoms with Crippen molar-refractivity contribution >= 4 is 18.0 Å². The maximum atomic E-state index is 11.4. The Hall–Kier alpha value is -0.590. The molecule has 0 aliphatic heterocycles. The Morgan fingerprint density at radius 3 is 2.10 bits per heavy atom. The van der Waals surface area contributed by atoms with Crippen molar-refractivity contribution in [2.75, 3.05) is 7.05 Å². The zero-order valence-electron chi connectivity index (χ0n) is 4.97. The minimum Gasteiger partial charge on any atom is -0.351 e. The molecule has 0 aliphatic carbocycles. The predicted molar refractivity (Wildman–Crippen MR) is 31.0 cm³/mol. The number of nitrogens with two attached hydrogens (primary N) is 1. The molecule has 0 aromatic rings. The fraction of sp³-hybridized carbons (Fsp3) is 0.667. The van der Waals surface area contributed by atoms with E-state index in [2.05, 4.69) is 5.73 Å². The van der Waals surface area contributed by atoms with Crippen molar-refractivity contribution in [2.24, 2.45) is 5.73 Å². The minimum atomic E-state index is -4.45. The van der Waals surface area contributed by atoms with E-state index in [0.29, 0.717) is 4.31 Å². The van der Waals surface area contributed by atoms with E-state index in [1.165, 1.54) is 0 Å². The van der Waals surface area contributed by atoms with Crippen LogP contribution in [-0.4, -0.2) is 22.9 Å². The Bertz CT molecular complexity index is 136. The summed E-state index contributed by atoms with van der Waals surface area (Å²) in [4.78, 5) is 10.0. The highest BCUT2D eigenvalue weighted by atomic mass is 32.2. The number of halogens is 3. The van der Waals surface area contributed by atoms with Crippen LogP contribution in [0.15, 0.2) is 0 Å². The van der Waals surface area contributed by atoms with E-state index >= 15 is 0 Å². The topological polar surface area (TPSA) is 46.3 Å². The summed E-state index contributed by atoms with van der Waals surface area (Å²) in [6, 6.07) is -1.12. The Balaban J connectivity index is 3.80. The number of nitrogens with zero attached hydrogens (tertiary/aromatic N) is 1. The molecule has 0 aromatic carbocycles. The van der Waals surface area contributed by atoms with Gasteiger partial charge in [-0.05, 0) is 0 Å². The second-order valence-electron chi connectivity index (χ2n) is 1.37. The summed E-state index contributed by atoms with van der Waals surface area (Å²) < 4.78 is 34.4. The highest BCUT2D eigenvalue weighted by Gasteiger charge is 2.32. The van der Waals surface area contributed by atoms with Crippen LogP contribution >= 0.6 is 11.9 Å². The SMILES string of the molecule is CN(SC(F)(F)F)C(N)=O. The molecule has 0 saturated heterocycles. The number of primary amides is 1. The fourth-order valence-corrected chi connectivity index (χ4v) is 0.601. The highest BCUT2D eigenvalue weighted by Crippen LogP contribution is 2.31. The molecule has 0 radical (unpaired) electrons. The first kappa shape index (κ1) is 9.41. The Morgan fingerprint density at radius 1 is 1.60 bits per heavy atom. The summed E-state index contributed by atoms with van der Waals surface area (Å²) in [5.41, 5.74) is 0.0547. The van der Waals surface area contributed by atoms with Gasteiger partial charge in [0.1, 0.15) is 0 Å². The van der Waals surface area contributed by atoms with E-state index < -0.39 is 23.5 Å².